The molecule has 1 aromatic heterocycles. The predicted molar refractivity (Wildman–Crippen MR) is 81.4 cm³/mol. The number of hydrogen-bond acceptors (Lipinski definition) is 3. The summed E-state index contributed by atoms with van der Waals surface area (Å²) in [5, 5.41) is 0. The van der Waals surface area contributed by atoms with Crippen molar-refractivity contribution in [3.05, 3.63) is 20.8 Å². The second kappa shape index (κ2) is 5.61. The van der Waals surface area contributed by atoms with Gasteiger partial charge in [-0.3, -0.25) is 9.80 Å². The Labute approximate surface area is 122 Å². The number of nitrogens with zero attached hydrogens (tertiary/aromatic N) is 2. The Morgan fingerprint density at radius 1 is 1.39 bits per heavy atom. The van der Waals surface area contributed by atoms with Crippen LogP contribution in [0.4, 0.5) is 0 Å². The molecule has 2 saturated heterocycles. The molecule has 2 unspecified atom stereocenters. The molecule has 1 aromatic rings. The van der Waals surface area contributed by atoms with Crippen LogP contribution in [-0.2, 0) is 6.42 Å². The van der Waals surface area contributed by atoms with Gasteiger partial charge in [0.15, 0.2) is 0 Å². The molecule has 2 aliphatic rings. The predicted octanol–water partition coefficient (Wildman–Crippen LogP) is 3.22. The van der Waals surface area contributed by atoms with Crippen LogP contribution in [0.5, 0.6) is 0 Å². The van der Waals surface area contributed by atoms with Crippen molar-refractivity contribution in [2.24, 2.45) is 0 Å². The van der Waals surface area contributed by atoms with E-state index in [0.717, 1.165) is 12.1 Å². The Bertz CT molecular complexity index is 406. The van der Waals surface area contributed by atoms with Crippen LogP contribution in [-0.4, -0.2) is 48.1 Å². The second-order valence-electron chi connectivity index (χ2n) is 5.59. The maximum Gasteiger partial charge on any atom is 0.0701 e. The topological polar surface area (TPSA) is 6.48 Å². The summed E-state index contributed by atoms with van der Waals surface area (Å²) in [5.41, 5.74) is 0. The fourth-order valence-corrected chi connectivity index (χ4v) is 4.77. The van der Waals surface area contributed by atoms with Gasteiger partial charge in [0.05, 0.1) is 3.79 Å². The first kappa shape index (κ1) is 13.1. The van der Waals surface area contributed by atoms with Crippen LogP contribution >= 0.6 is 27.3 Å². The standard InChI is InChI=1S/C14H21BrN2S/c1-11-9-17-7-2-3-12(17)10-16(11)8-6-13-4-5-14(15)18-13/h4-5,11-12H,2-3,6-10H2,1H3. The van der Waals surface area contributed by atoms with Crippen LogP contribution in [0.15, 0.2) is 15.9 Å². The number of halogens is 1. The molecule has 2 atom stereocenters. The molecule has 18 heavy (non-hydrogen) atoms. The van der Waals surface area contributed by atoms with E-state index < -0.39 is 0 Å². The molecular weight excluding hydrogens is 308 g/mol. The van der Waals surface area contributed by atoms with E-state index in [1.165, 1.54) is 54.1 Å². The van der Waals surface area contributed by atoms with Gasteiger partial charge in [0.1, 0.15) is 0 Å². The lowest BCUT2D eigenvalue weighted by atomic mass is 10.1. The van der Waals surface area contributed by atoms with Crippen molar-refractivity contribution in [2.45, 2.75) is 38.3 Å². The summed E-state index contributed by atoms with van der Waals surface area (Å²) in [7, 11) is 0. The zero-order valence-corrected chi connectivity index (χ0v) is 13.3. The van der Waals surface area contributed by atoms with Crippen molar-refractivity contribution < 1.29 is 0 Å². The highest BCUT2D eigenvalue weighted by Crippen LogP contribution is 2.26. The van der Waals surface area contributed by atoms with Crippen molar-refractivity contribution in [3.8, 4) is 0 Å². The van der Waals surface area contributed by atoms with Crippen molar-refractivity contribution in [1.29, 1.82) is 0 Å². The van der Waals surface area contributed by atoms with E-state index in [9.17, 15) is 0 Å². The summed E-state index contributed by atoms with van der Waals surface area (Å²) < 4.78 is 1.26. The Morgan fingerprint density at radius 2 is 2.28 bits per heavy atom. The van der Waals surface area contributed by atoms with Gasteiger partial charge >= 0.3 is 0 Å². The Kier molecular flexibility index (Phi) is 4.09. The minimum atomic E-state index is 0.725. The number of rotatable bonds is 3. The van der Waals surface area contributed by atoms with E-state index in [1.54, 1.807) is 0 Å². The largest absolute Gasteiger partial charge is 0.298 e. The molecule has 3 heterocycles. The minimum absolute atomic E-state index is 0.725. The Balaban J connectivity index is 1.55. The molecule has 0 aromatic carbocycles. The third-order valence-electron chi connectivity index (χ3n) is 4.34. The van der Waals surface area contributed by atoms with E-state index in [0.29, 0.717) is 0 Å². The summed E-state index contributed by atoms with van der Waals surface area (Å²) >= 11 is 5.42. The molecule has 2 nitrogen and oxygen atoms in total. The SMILES string of the molecule is CC1CN2CCCC2CN1CCc1ccc(Br)s1. The lowest BCUT2D eigenvalue weighted by Gasteiger charge is -2.42. The van der Waals surface area contributed by atoms with Gasteiger partial charge in [-0.2, -0.15) is 0 Å². The first-order valence-corrected chi connectivity index (χ1v) is 8.55. The first-order chi connectivity index (χ1) is 8.72. The highest BCUT2D eigenvalue weighted by molar-refractivity contribution is 9.11. The van der Waals surface area contributed by atoms with Gasteiger partial charge in [0.25, 0.3) is 0 Å². The molecule has 3 rings (SSSR count). The van der Waals surface area contributed by atoms with Gasteiger partial charge < -0.3 is 0 Å². The second-order valence-corrected chi connectivity index (χ2v) is 8.14. The van der Waals surface area contributed by atoms with Gasteiger partial charge in [-0.1, -0.05) is 0 Å². The van der Waals surface area contributed by atoms with Crippen LogP contribution in [0.1, 0.15) is 24.6 Å². The third kappa shape index (κ3) is 2.82. The summed E-state index contributed by atoms with van der Waals surface area (Å²) in [6, 6.07) is 5.99. The fourth-order valence-electron chi connectivity index (χ4n) is 3.30. The molecule has 0 N–H and O–H groups in total. The molecular formula is C14H21BrN2S. The first-order valence-electron chi connectivity index (χ1n) is 6.94. The molecule has 0 amide bonds. The smallest absolute Gasteiger partial charge is 0.0701 e. The van der Waals surface area contributed by atoms with Gasteiger partial charge in [-0.15, -0.1) is 11.3 Å². The van der Waals surface area contributed by atoms with Gasteiger partial charge in [-0.25, -0.2) is 0 Å². The van der Waals surface area contributed by atoms with Gasteiger partial charge in [0, 0.05) is 36.6 Å². The maximum absolute atomic E-state index is 3.55. The van der Waals surface area contributed by atoms with Crippen LogP contribution in [0.3, 0.4) is 0 Å². The lowest BCUT2D eigenvalue weighted by Crippen LogP contribution is -2.55. The zero-order chi connectivity index (χ0) is 12.5. The van der Waals surface area contributed by atoms with E-state index >= 15 is 0 Å². The van der Waals surface area contributed by atoms with Gasteiger partial charge in [-0.05, 0) is 60.8 Å². The van der Waals surface area contributed by atoms with Crippen molar-refractivity contribution in [3.63, 3.8) is 0 Å². The molecule has 0 spiro atoms. The van der Waals surface area contributed by atoms with Crippen LogP contribution in [0.25, 0.3) is 0 Å². The molecule has 4 heteroatoms. The molecule has 0 radical (unpaired) electrons. The number of piperazine rings is 1. The van der Waals surface area contributed by atoms with Crippen molar-refractivity contribution in [1.82, 2.24) is 9.80 Å². The minimum Gasteiger partial charge on any atom is -0.298 e. The number of fused-ring (bicyclic) bond motifs is 1. The van der Waals surface area contributed by atoms with E-state index in [-0.39, 0.29) is 0 Å². The summed E-state index contributed by atoms with van der Waals surface area (Å²) in [6.07, 6.45) is 4.02. The highest BCUT2D eigenvalue weighted by atomic mass is 79.9. The molecule has 0 saturated carbocycles. The lowest BCUT2D eigenvalue weighted by molar-refractivity contribution is 0.0606. The summed E-state index contributed by atoms with van der Waals surface area (Å²) in [4.78, 5) is 6.89. The van der Waals surface area contributed by atoms with Crippen LogP contribution in [0.2, 0.25) is 0 Å². The quantitative estimate of drug-likeness (QED) is 0.840. The normalized spacial score (nSPS) is 29.7. The van der Waals surface area contributed by atoms with Crippen LogP contribution in [0, 0.1) is 0 Å². The molecule has 0 aliphatic carbocycles. The molecule has 2 fully saturated rings. The van der Waals surface area contributed by atoms with E-state index in [1.807, 2.05) is 11.3 Å². The number of hydrogen-bond donors (Lipinski definition) is 0. The average molecular weight is 329 g/mol. The highest BCUT2D eigenvalue weighted by Gasteiger charge is 2.33. The van der Waals surface area contributed by atoms with E-state index in [4.69, 9.17) is 0 Å². The Hall–Kier alpha value is 0.1000. The summed E-state index contributed by atoms with van der Waals surface area (Å²) in [6.45, 7) is 7.50. The monoisotopic (exact) mass is 328 g/mol. The number of thiophene rings is 1. The molecule has 100 valence electrons. The Morgan fingerprint density at radius 3 is 3.06 bits per heavy atom. The summed E-state index contributed by atoms with van der Waals surface area (Å²) in [5.74, 6) is 0. The van der Waals surface area contributed by atoms with Crippen molar-refractivity contribution >= 4 is 27.3 Å². The van der Waals surface area contributed by atoms with E-state index in [2.05, 4.69) is 44.8 Å². The molecule has 0 bridgehead atoms. The maximum atomic E-state index is 3.55. The van der Waals surface area contributed by atoms with Crippen molar-refractivity contribution in [2.75, 3.05) is 26.2 Å². The van der Waals surface area contributed by atoms with Gasteiger partial charge in [0.2, 0.25) is 0 Å². The molecule has 2 aliphatic heterocycles. The van der Waals surface area contributed by atoms with Crippen LogP contribution < -0.4 is 0 Å². The average Bonchev–Trinajstić information content (AvgIpc) is 2.94. The zero-order valence-electron chi connectivity index (χ0n) is 10.9. The fraction of sp³-hybridized carbons (Fsp3) is 0.714. The third-order valence-corrected chi connectivity index (χ3v) is 6.02.